The van der Waals surface area contributed by atoms with Gasteiger partial charge in [0.05, 0.1) is 23.7 Å². The highest BCUT2D eigenvalue weighted by Crippen LogP contribution is 2.23. The molecule has 0 amide bonds. The minimum absolute atomic E-state index is 0.275. The third-order valence-corrected chi connectivity index (χ3v) is 6.16. The van der Waals surface area contributed by atoms with E-state index in [0.717, 1.165) is 17.0 Å². The van der Waals surface area contributed by atoms with Crippen molar-refractivity contribution >= 4 is 15.9 Å². The topological polar surface area (TPSA) is 76.3 Å². The molecule has 0 radical (unpaired) electrons. The number of nitrogens with one attached hydrogen (secondary N) is 1. The summed E-state index contributed by atoms with van der Waals surface area (Å²) in [4.78, 5) is 4.82. The molecule has 138 valence electrons. The summed E-state index contributed by atoms with van der Waals surface area (Å²) in [7, 11) is -3.52. The molecule has 6 nitrogen and oxygen atoms in total. The first-order valence-corrected chi connectivity index (χ1v) is 10.2. The van der Waals surface area contributed by atoms with E-state index in [9.17, 15) is 8.42 Å². The molecule has 0 atom stereocenters. The van der Waals surface area contributed by atoms with Gasteiger partial charge in [-0.15, -0.1) is 0 Å². The second-order valence-electron chi connectivity index (χ2n) is 6.56. The first-order chi connectivity index (χ1) is 13.0. The number of nitrogens with zero attached hydrogens (tertiary/aromatic N) is 3. The summed E-state index contributed by atoms with van der Waals surface area (Å²) < 4.78 is 28.9. The number of sulfonamides is 1. The summed E-state index contributed by atoms with van der Waals surface area (Å²) in [6.07, 6.45) is 0. The molecule has 1 aliphatic rings. The largest absolute Gasteiger partial charge is 0.265 e. The molecule has 3 aromatic rings. The molecular formula is C20H20N4O2S. The zero-order chi connectivity index (χ0) is 19.0. The predicted octanol–water partition coefficient (Wildman–Crippen LogP) is 2.79. The van der Waals surface area contributed by atoms with Gasteiger partial charge in [0.2, 0.25) is 0 Å². The van der Waals surface area contributed by atoms with Gasteiger partial charge in [-0.25, -0.2) is 8.42 Å². The molecule has 0 unspecified atom stereocenters. The second-order valence-corrected chi connectivity index (χ2v) is 8.21. The van der Waals surface area contributed by atoms with Crippen LogP contribution in [0.1, 0.15) is 28.1 Å². The lowest BCUT2D eigenvalue weighted by atomic mass is 10.2. The van der Waals surface area contributed by atoms with Gasteiger partial charge in [-0.05, 0) is 31.5 Å². The molecule has 1 aromatic heterocycles. The molecule has 0 fully saturated rings. The molecule has 0 spiro atoms. The Morgan fingerprint density at radius 1 is 1.04 bits per heavy atom. The van der Waals surface area contributed by atoms with Crippen LogP contribution in [0.3, 0.4) is 0 Å². The van der Waals surface area contributed by atoms with Crippen LogP contribution in [0.2, 0.25) is 0 Å². The fraction of sp³-hybridized carbons (Fsp3) is 0.200. The monoisotopic (exact) mass is 380 g/mol. The van der Waals surface area contributed by atoms with Crippen molar-refractivity contribution in [3.05, 3.63) is 82.7 Å². The molecular weight excluding hydrogens is 360 g/mol. The number of aryl methyl sites for hydroxylation is 1. The Hall–Kier alpha value is -2.93. The van der Waals surface area contributed by atoms with Gasteiger partial charge in [-0.1, -0.05) is 42.5 Å². The van der Waals surface area contributed by atoms with Crippen LogP contribution in [-0.2, 0) is 23.1 Å². The maximum absolute atomic E-state index is 12.2. The average molecular weight is 380 g/mol. The predicted molar refractivity (Wildman–Crippen MR) is 104 cm³/mol. The number of amidine groups is 1. The Labute approximate surface area is 158 Å². The van der Waals surface area contributed by atoms with Crippen LogP contribution in [0.25, 0.3) is 0 Å². The van der Waals surface area contributed by atoms with E-state index in [2.05, 4.69) is 26.9 Å². The number of aliphatic imine (C=N–C) groups is 1. The maximum atomic E-state index is 12.2. The Morgan fingerprint density at radius 3 is 2.52 bits per heavy atom. The Morgan fingerprint density at radius 2 is 1.74 bits per heavy atom. The molecule has 0 saturated carbocycles. The molecule has 2 heterocycles. The van der Waals surface area contributed by atoms with Crippen molar-refractivity contribution in [1.29, 1.82) is 0 Å². The van der Waals surface area contributed by atoms with E-state index in [0.29, 0.717) is 24.5 Å². The Kier molecular flexibility index (Phi) is 4.31. The van der Waals surface area contributed by atoms with Gasteiger partial charge in [-0.2, -0.15) is 5.10 Å². The quantitative estimate of drug-likeness (QED) is 0.756. The highest BCUT2D eigenvalue weighted by molar-refractivity contribution is 7.90. The lowest BCUT2D eigenvalue weighted by Crippen LogP contribution is -2.22. The highest BCUT2D eigenvalue weighted by Gasteiger charge is 2.30. The van der Waals surface area contributed by atoms with Gasteiger partial charge >= 0.3 is 0 Å². The van der Waals surface area contributed by atoms with Gasteiger partial charge in [-0.3, -0.25) is 14.4 Å². The van der Waals surface area contributed by atoms with Crippen molar-refractivity contribution in [2.45, 2.75) is 31.8 Å². The van der Waals surface area contributed by atoms with E-state index >= 15 is 0 Å². The van der Waals surface area contributed by atoms with Crippen LogP contribution in [-0.4, -0.2) is 24.0 Å². The van der Waals surface area contributed by atoms with Crippen LogP contribution in [0, 0.1) is 13.8 Å². The van der Waals surface area contributed by atoms with Crippen molar-refractivity contribution in [2.75, 3.05) is 0 Å². The third-order valence-electron chi connectivity index (χ3n) is 4.76. The zero-order valence-electron chi connectivity index (χ0n) is 15.2. The molecule has 0 aliphatic carbocycles. The number of hydrogen-bond acceptors (Lipinski definition) is 4. The van der Waals surface area contributed by atoms with Crippen LogP contribution in [0.15, 0.2) is 64.5 Å². The number of hydrogen-bond donors (Lipinski definition) is 1. The first-order valence-electron chi connectivity index (χ1n) is 8.69. The van der Waals surface area contributed by atoms with Crippen molar-refractivity contribution in [3.8, 4) is 0 Å². The molecule has 2 aromatic carbocycles. The molecule has 1 aliphatic heterocycles. The van der Waals surface area contributed by atoms with Crippen molar-refractivity contribution < 1.29 is 8.42 Å². The van der Waals surface area contributed by atoms with E-state index in [1.54, 1.807) is 18.2 Å². The van der Waals surface area contributed by atoms with Crippen molar-refractivity contribution in [3.63, 3.8) is 0 Å². The Bertz CT molecular complexity index is 1130. The van der Waals surface area contributed by atoms with E-state index < -0.39 is 10.0 Å². The maximum Gasteiger partial charge on any atom is 0.263 e. The summed E-state index contributed by atoms with van der Waals surface area (Å²) in [5, 5.41) is 4.63. The van der Waals surface area contributed by atoms with Crippen LogP contribution >= 0.6 is 0 Å². The molecule has 1 N–H and O–H groups in total. The number of fused-ring (bicyclic) bond motifs is 1. The fourth-order valence-electron chi connectivity index (χ4n) is 3.28. The van der Waals surface area contributed by atoms with Gasteiger partial charge in [0.1, 0.15) is 5.84 Å². The van der Waals surface area contributed by atoms with E-state index in [1.165, 1.54) is 5.56 Å². The molecule has 7 heteroatoms. The fourth-order valence-corrected chi connectivity index (χ4v) is 4.53. The van der Waals surface area contributed by atoms with E-state index in [-0.39, 0.29) is 4.90 Å². The van der Waals surface area contributed by atoms with Gasteiger partial charge in [0, 0.05) is 16.8 Å². The highest BCUT2D eigenvalue weighted by atomic mass is 32.2. The lowest BCUT2D eigenvalue weighted by molar-refractivity contribution is 0.595. The van der Waals surface area contributed by atoms with Crippen LogP contribution in [0.5, 0.6) is 0 Å². The Balaban J connectivity index is 1.62. The molecule has 0 bridgehead atoms. The number of benzene rings is 2. The zero-order valence-corrected chi connectivity index (χ0v) is 16.0. The first kappa shape index (κ1) is 17.5. The van der Waals surface area contributed by atoms with Crippen molar-refractivity contribution in [2.24, 2.45) is 4.99 Å². The van der Waals surface area contributed by atoms with Crippen molar-refractivity contribution in [1.82, 2.24) is 14.5 Å². The summed E-state index contributed by atoms with van der Waals surface area (Å²) in [6, 6.07) is 17.0. The summed E-state index contributed by atoms with van der Waals surface area (Å²) >= 11 is 0. The normalized spacial score (nSPS) is 16.3. The standard InChI is InChI=1S/C20H20N4O2S/c1-14-18(15(2)24(22-14)13-16-8-4-3-5-9-16)12-21-20-17-10-6-7-11-19(17)27(25,26)23-20/h3-11H,12-13H2,1-2H3,(H,21,23). The molecule has 4 rings (SSSR count). The average Bonchev–Trinajstić information content (AvgIpc) is 3.07. The minimum atomic E-state index is -3.52. The molecule has 0 saturated heterocycles. The summed E-state index contributed by atoms with van der Waals surface area (Å²) in [5.74, 6) is 0.389. The number of aromatic nitrogens is 2. The van der Waals surface area contributed by atoms with E-state index in [1.807, 2.05) is 42.8 Å². The third kappa shape index (κ3) is 3.26. The smallest absolute Gasteiger partial charge is 0.263 e. The van der Waals surface area contributed by atoms with Crippen LogP contribution in [0.4, 0.5) is 0 Å². The lowest BCUT2D eigenvalue weighted by Gasteiger charge is -2.05. The van der Waals surface area contributed by atoms with Crippen LogP contribution < -0.4 is 4.72 Å². The van der Waals surface area contributed by atoms with Gasteiger partial charge in [0.25, 0.3) is 10.0 Å². The summed E-state index contributed by atoms with van der Waals surface area (Å²) in [6.45, 7) is 5.04. The second kappa shape index (κ2) is 6.66. The SMILES string of the molecule is Cc1nn(Cc2ccccc2)c(C)c1CN=C1NS(=O)(=O)c2ccccc21. The molecule has 27 heavy (non-hydrogen) atoms. The minimum Gasteiger partial charge on any atom is -0.265 e. The van der Waals surface area contributed by atoms with Gasteiger partial charge < -0.3 is 0 Å². The van der Waals surface area contributed by atoms with Gasteiger partial charge in [0.15, 0.2) is 0 Å². The van der Waals surface area contributed by atoms with E-state index in [4.69, 9.17) is 0 Å². The number of rotatable bonds is 4. The summed E-state index contributed by atoms with van der Waals surface area (Å²) in [5.41, 5.74) is 4.75.